The minimum absolute atomic E-state index is 0.0330. The molecule has 1 N–H and O–H groups in total. The van der Waals surface area contributed by atoms with Gasteiger partial charge < -0.3 is 10.1 Å². The fourth-order valence-electron chi connectivity index (χ4n) is 2.54. The van der Waals surface area contributed by atoms with Gasteiger partial charge >= 0.3 is 6.09 Å². The highest BCUT2D eigenvalue weighted by molar-refractivity contribution is 6.42. The number of benzene rings is 2. The van der Waals surface area contributed by atoms with Crippen LogP contribution in [0.5, 0.6) is 0 Å². The average Bonchev–Trinajstić information content (AvgIpc) is 2.96. The Balaban J connectivity index is 1.83. The molecule has 1 aliphatic rings. The van der Waals surface area contributed by atoms with Crippen molar-refractivity contribution in [1.82, 2.24) is 10.2 Å². The van der Waals surface area contributed by atoms with Gasteiger partial charge in [0.25, 0.3) is 11.8 Å². The van der Waals surface area contributed by atoms with Crippen LogP contribution in [0.2, 0.25) is 10.0 Å². The van der Waals surface area contributed by atoms with Crippen LogP contribution in [0.3, 0.4) is 0 Å². The van der Waals surface area contributed by atoms with Crippen molar-refractivity contribution < 1.29 is 19.1 Å². The molecule has 2 aromatic carbocycles. The van der Waals surface area contributed by atoms with Gasteiger partial charge in [-0.2, -0.15) is 0 Å². The Labute approximate surface area is 159 Å². The molecule has 0 aliphatic carbocycles. The molecule has 1 saturated heterocycles. The third kappa shape index (κ3) is 3.98. The van der Waals surface area contributed by atoms with Gasteiger partial charge in [-0.05, 0) is 23.8 Å². The molecule has 0 unspecified atom stereocenters. The smallest absolute Gasteiger partial charge is 0.417 e. The van der Waals surface area contributed by atoms with Gasteiger partial charge in [-0.3, -0.25) is 9.59 Å². The van der Waals surface area contributed by atoms with E-state index in [0.717, 1.165) is 10.5 Å². The Morgan fingerprint density at radius 3 is 2.46 bits per heavy atom. The van der Waals surface area contributed by atoms with E-state index in [-0.39, 0.29) is 18.2 Å². The SMILES string of the molecule is O=C(N[C@@H](CN1C(=O)COC1=O)c1ccccc1)c1ccc(Cl)c(Cl)c1. The molecule has 26 heavy (non-hydrogen) atoms. The summed E-state index contributed by atoms with van der Waals surface area (Å²) in [5.41, 5.74) is 1.06. The molecular formula is C18H14Cl2N2O4. The summed E-state index contributed by atoms with van der Waals surface area (Å²) in [5, 5.41) is 3.42. The lowest BCUT2D eigenvalue weighted by Gasteiger charge is -2.23. The lowest BCUT2D eigenvalue weighted by molar-refractivity contribution is -0.126. The molecule has 0 aromatic heterocycles. The van der Waals surface area contributed by atoms with E-state index in [9.17, 15) is 14.4 Å². The molecule has 1 atom stereocenters. The lowest BCUT2D eigenvalue weighted by Crippen LogP contribution is -2.40. The Bertz CT molecular complexity index is 842. The zero-order chi connectivity index (χ0) is 18.7. The van der Waals surface area contributed by atoms with Crippen LogP contribution >= 0.6 is 23.2 Å². The van der Waals surface area contributed by atoms with Gasteiger partial charge in [-0.25, -0.2) is 9.69 Å². The molecule has 134 valence electrons. The van der Waals surface area contributed by atoms with Gasteiger partial charge in [-0.15, -0.1) is 0 Å². The number of nitrogens with one attached hydrogen (secondary N) is 1. The van der Waals surface area contributed by atoms with Crippen molar-refractivity contribution >= 4 is 41.1 Å². The molecular weight excluding hydrogens is 379 g/mol. The van der Waals surface area contributed by atoms with Gasteiger partial charge in [0.05, 0.1) is 22.6 Å². The van der Waals surface area contributed by atoms with Crippen molar-refractivity contribution in [2.75, 3.05) is 13.2 Å². The molecule has 1 aliphatic heterocycles. The summed E-state index contributed by atoms with van der Waals surface area (Å²) in [6, 6.07) is 13.0. The minimum atomic E-state index is -0.722. The van der Waals surface area contributed by atoms with Crippen LogP contribution in [0.15, 0.2) is 48.5 Å². The maximum Gasteiger partial charge on any atom is 0.417 e. The molecule has 3 rings (SSSR count). The highest BCUT2D eigenvalue weighted by Gasteiger charge is 2.33. The zero-order valence-corrected chi connectivity index (χ0v) is 15.0. The second-order valence-corrected chi connectivity index (χ2v) is 6.44. The second-order valence-electron chi connectivity index (χ2n) is 5.62. The summed E-state index contributed by atoms with van der Waals surface area (Å²) in [4.78, 5) is 37.1. The third-order valence-electron chi connectivity index (χ3n) is 3.89. The fourth-order valence-corrected chi connectivity index (χ4v) is 2.84. The van der Waals surface area contributed by atoms with Crippen LogP contribution in [-0.4, -0.2) is 36.0 Å². The minimum Gasteiger partial charge on any atom is -0.439 e. The van der Waals surface area contributed by atoms with E-state index in [1.807, 2.05) is 6.07 Å². The van der Waals surface area contributed by atoms with Crippen molar-refractivity contribution in [3.05, 3.63) is 69.7 Å². The quantitative estimate of drug-likeness (QED) is 0.845. The maximum absolute atomic E-state index is 12.6. The first-order valence-electron chi connectivity index (χ1n) is 7.73. The van der Waals surface area contributed by atoms with Crippen LogP contribution in [0.25, 0.3) is 0 Å². The Hall–Kier alpha value is -2.57. The van der Waals surface area contributed by atoms with E-state index >= 15 is 0 Å². The van der Waals surface area contributed by atoms with E-state index in [2.05, 4.69) is 5.32 Å². The van der Waals surface area contributed by atoms with Crippen molar-refractivity contribution in [3.8, 4) is 0 Å². The van der Waals surface area contributed by atoms with Gasteiger partial charge in [0, 0.05) is 5.56 Å². The van der Waals surface area contributed by atoms with Crippen molar-refractivity contribution in [2.45, 2.75) is 6.04 Å². The molecule has 1 heterocycles. The van der Waals surface area contributed by atoms with Crippen LogP contribution in [0.4, 0.5) is 4.79 Å². The number of cyclic esters (lactones) is 1. The summed E-state index contributed by atoms with van der Waals surface area (Å²) in [7, 11) is 0. The molecule has 8 heteroatoms. The summed E-state index contributed by atoms with van der Waals surface area (Å²) in [6.45, 7) is -0.324. The monoisotopic (exact) mass is 392 g/mol. The van der Waals surface area contributed by atoms with Crippen LogP contribution in [0, 0.1) is 0 Å². The summed E-state index contributed by atoms with van der Waals surface area (Å²) in [5.74, 6) is -0.850. The van der Waals surface area contributed by atoms with Gasteiger partial charge in [0.15, 0.2) is 6.61 Å². The molecule has 2 aromatic rings. The number of carbonyl (C=O) groups is 3. The largest absolute Gasteiger partial charge is 0.439 e. The molecule has 1 fully saturated rings. The van der Waals surface area contributed by atoms with Crippen molar-refractivity contribution in [1.29, 1.82) is 0 Å². The van der Waals surface area contributed by atoms with Gasteiger partial charge in [0.1, 0.15) is 0 Å². The fraction of sp³-hybridized carbons (Fsp3) is 0.167. The van der Waals surface area contributed by atoms with E-state index in [4.69, 9.17) is 27.9 Å². The highest BCUT2D eigenvalue weighted by atomic mass is 35.5. The predicted octanol–water partition coefficient (Wildman–Crippen LogP) is 3.44. The number of imide groups is 1. The number of rotatable bonds is 5. The zero-order valence-electron chi connectivity index (χ0n) is 13.4. The molecule has 6 nitrogen and oxygen atoms in total. The third-order valence-corrected chi connectivity index (χ3v) is 4.63. The Morgan fingerprint density at radius 2 is 1.85 bits per heavy atom. The van der Waals surface area contributed by atoms with E-state index < -0.39 is 23.9 Å². The van der Waals surface area contributed by atoms with Gasteiger partial charge in [-0.1, -0.05) is 53.5 Å². The average molecular weight is 393 g/mol. The second kappa shape index (κ2) is 7.76. The van der Waals surface area contributed by atoms with Crippen LogP contribution in [0.1, 0.15) is 22.0 Å². The lowest BCUT2D eigenvalue weighted by atomic mass is 10.1. The van der Waals surface area contributed by atoms with Crippen LogP contribution < -0.4 is 5.32 Å². The standard InChI is InChI=1S/C18H14Cl2N2O4/c19-13-7-6-12(8-14(13)20)17(24)21-15(11-4-2-1-3-5-11)9-22-16(23)10-26-18(22)25/h1-8,15H,9-10H2,(H,21,24)/t15-/m0/s1. The first kappa shape index (κ1) is 18.2. The molecule has 3 amide bonds. The van der Waals surface area contributed by atoms with Crippen LogP contribution in [-0.2, 0) is 9.53 Å². The van der Waals surface area contributed by atoms with E-state index in [1.54, 1.807) is 30.3 Å². The number of nitrogens with zero attached hydrogens (tertiary/aromatic N) is 1. The molecule has 0 saturated carbocycles. The summed E-state index contributed by atoms with van der Waals surface area (Å²) in [6.07, 6.45) is -0.722. The summed E-state index contributed by atoms with van der Waals surface area (Å²) < 4.78 is 4.73. The Kier molecular flexibility index (Phi) is 5.44. The number of hydrogen-bond donors (Lipinski definition) is 1. The normalized spacial score (nSPS) is 14.9. The topological polar surface area (TPSA) is 75.7 Å². The molecule has 0 spiro atoms. The number of halogens is 2. The summed E-state index contributed by atoms with van der Waals surface area (Å²) >= 11 is 11.8. The van der Waals surface area contributed by atoms with E-state index in [0.29, 0.717) is 10.6 Å². The van der Waals surface area contributed by atoms with E-state index in [1.165, 1.54) is 12.1 Å². The number of ether oxygens (including phenoxy) is 1. The first-order valence-corrected chi connectivity index (χ1v) is 8.49. The van der Waals surface area contributed by atoms with Crippen molar-refractivity contribution in [2.24, 2.45) is 0 Å². The Morgan fingerprint density at radius 1 is 1.12 bits per heavy atom. The predicted molar refractivity (Wildman–Crippen MR) is 96.2 cm³/mol. The number of hydrogen-bond acceptors (Lipinski definition) is 4. The first-order chi connectivity index (χ1) is 12.5. The number of amides is 3. The molecule has 0 bridgehead atoms. The van der Waals surface area contributed by atoms with Gasteiger partial charge in [0.2, 0.25) is 0 Å². The van der Waals surface area contributed by atoms with Crippen molar-refractivity contribution in [3.63, 3.8) is 0 Å². The number of carbonyl (C=O) groups excluding carboxylic acids is 3. The highest BCUT2D eigenvalue weighted by Crippen LogP contribution is 2.23. The maximum atomic E-state index is 12.6. The molecule has 0 radical (unpaired) electrons.